The molecule has 1 saturated heterocycles. The number of piperidine rings is 1. The molecular formula is C11H19BrN6. The Balaban J connectivity index is 1.96. The van der Waals surface area contributed by atoms with Gasteiger partial charge in [0, 0.05) is 18.8 Å². The Kier molecular flexibility index (Phi) is 4.73. The lowest BCUT2D eigenvalue weighted by molar-refractivity contribution is 0.194. The van der Waals surface area contributed by atoms with Crippen LogP contribution in [0.15, 0.2) is 10.7 Å². The topological polar surface area (TPSA) is 79.1 Å². The lowest BCUT2D eigenvalue weighted by Crippen LogP contribution is -2.40. The maximum absolute atomic E-state index is 5.30. The van der Waals surface area contributed by atoms with E-state index in [0.717, 1.165) is 16.8 Å². The second-order valence-corrected chi connectivity index (χ2v) is 5.40. The van der Waals surface area contributed by atoms with Gasteiger partial charge in [0.25, 0.3) is 0 Å². The zero-order valence-electron chi connectivity index (χ0n) is 10.5. The number of nitrogen functional groups attached to an aromatic ring is 1. The molecule has 0 aliphatic carbocycles. The average molecular weight is 315 g/mol. The van der Waals surface area contributed by atoms with Crippen molar-refractivity contribution in [3.8, 4) is 0 Å². The number of hydrogen-bond donors (Lipinski definition) is 3. The summed E-state index contributed by atoms with van der Waals surface area (Å²) in [4.78, 5) is 10.7. The van der Waals surface area contributed by atoms with Gasteiger partial charge in [-0.25, -0.2) is 10.8 Å². The van der Waals surface area contributed by atoms with Crippen LogP contribution >= 0.6 is 15.9 Å². The van der Waals surface area contributed by atoms with E-state index in [1.54, 1.807) is 6.20 Å². The molecular weight excluding hydrogens is 296 g/mol. The molecule has 0 aromatic carbocycles. The molecule has 0 amide bonds. The normalized spacial score (nSPS) is 20.7. The molecule has 0 bridgehead atoms. The molecule has 1 aliphatic rings. The minimum Gasteiger partial charge on any atom is -0.367 e. The van der Waals surface area contributed by atoms with E-state index >= 15 is 0 Å². The molecule has 0 radical (unpaired) electrons. The van der Waals surface area contributed by atoms with E-state index in [9.17, 15) is 0 Å². The van der Waals surface area contributed by atoms with Gasteiger partial charge in [-0.3, -0.25) is 5.43 Å². The van der Waals surface area contributed by atoms with E-state index in [-0.39, 0.29) is 0 Å². The zero-order chi connectivity index (χ0) is 13.0. The first-order valence-corrected chi connectivity index (χ1v) is 6.93. The fourth-order valence-electron chi connectivity index (χ4n) is 2.18. The largest absolute Gasteiger partial charge is 0.367 e. The molecule has 7 heteroatoms. The molecule has 4 N–H and O–H groups in total. The maximum Gasteiger partial charge on any atom is 0.239 e. The van der Waals surface area contributed by atoms with Crippen molar-refractivity contribution in [3.05, 3.63) is 10.7 Å². The SMILES string of the molecule is CN1CCCCC1CNc1nc(NN)ncc1Br. The van der Waals surface area contributed by atoms with Crippen LogP contribution in [0, 0.1) is 0 Å². The Morgan fingerprint density at radius 3 is 3.11 bits per heavy atom. The highest BCUT2D eigenvalue weighted by Gasteiger charge is 2.18. The van der Waals surface area contributed by atoms with E-state index in [1.165, 1.54) is 25.8 Å². The number of likely N-dealkylation sites (tertiary alicyclic amines) is 1. The summed E-state index contributed by atoms with van der Waals surface area (Å²) in [6.45, 7) is 2.06. The monoisotopic (exact) mass is 314 g/mol. The molecule has 2 rings (SSSR count). The second kappa shape index (κ2) is 6.31. The maximum atomic E-state index is 5.30. The van der Waals surface area contributed by atoms with Crippen LogP contribution in [0.4, 0.5) is 11.8 Å². The van der Waals surface area contributed by atoms with Crippen molar-refractivity contribution >= 4 is 27.7 Å². The van der Waals surface area contributed by atoms with Crippen molar-refractivity contribution in [3.63, 3.8) is 0 Å². The van der Waals surface area contributed by atoms with Gasteiger partial charge < -0.3 is 10.2 Å². The van der Waals surface area contributed by atoms with Crippen LogP contribution in [0.1, 0.15) is 19.3 Å². The number of hydrogen-bond acceptors (Lipinski definition) is 6. The molecule has 1 atom stereocenters. The molecule has 1 unspecified atom stereocenters. The first kappa shape index (κ1) is 13.5. The molecule has 1 fully saturated rings. The van der Waals surface area contributed by atoms with E-state index in [4.69, 9.17) is 5.84 Å². The van der Waals surface area contributed by atoms with Crippen molar-refractivity contribution < 1.29 is 0 Å². The summed E-state index contributed by atoms with van der Waals surface area (Å²) in [5, 5.41) is 3.35. The average Bonchev–Trinajstić information content (AvgIpc) is 2.39. The van der Waals surface area contributed by atoms with Crippen molar-refractivity contribution in [1.29, 1.82) is 0 Å². The Labute approximate surface area is 115 Å². The van der Waals surface area contributed by atoms with Crippen LogP contribution in [-0.4, -0.2) is 41.0 Å². The van der Waals surface area contributed by atoms with Crippen LogP contribution in [0.5, 0.6) is 0 Å². The van der Waals surface area contributed by atoms with E-state index in [1.807, 2.05) is 0 Å². The van der Waals surface area contributed by atoms with Crippen LogP contribution in [0.3, 0.4) is 0 Å². The van der Waals surface area contributed by atoms with Crippen molar-refractivity contribution in [2.24, 2.45) is 5.84 Å². The minimum atomic E-state index is 0.415. The first-order chi connectivity index (χ1) is 8.70. The van der Waals surface area contributed by atoms with Crippen LogP contribution in [-0.2, 0) is 0 Å². The van der Waals surface area contributed by atoms with E-state index in [0.29, 0.717) is 12.0 Å². The summed E-state index contributed by atoms with van der Waals surface area (Å²) in [7, 11) is 2.17. The number of likely N-dealkylation sites (N-methyl/N-ethyl adjacent to an activating group) is 1. The molecule has 18 heavy (non-hydrogen) atoms. The second-order valence-electron chi connectivity index (χ2n) is 4.55. The number of rotatable bonds is 4. The molecule has 2 heterocycles. The molecule has 1 aromatic rings. The standard InChI is InChI=1S/C11H19BrN6/c1-18-5-3-2-4-8(18)6-14-10-9(12)7-15-11(16-10)17-13/h7-8H,2-6,13H2,1H3,(H2,14,15,16,17). The molecule has 0 saturated carbocycles. The van der Waals surface area contributed by atoms with Gasteiger partial charge in [-0.1, -0.05) is 6.42 Å². The van der Waals surface area contributed by atoms with Gasteiger partial charge in [0.05, 0.1) is 4.47 Å². The number of nitrogens with zero attached hydrogens (tertiary/aromatic N) is 3. The van der Waals surface area contributed by atoms with Gasteiger partial charge in [0.2, 0.25) is 5.95 Å². The number of hydrazine groups is 1. The number of nitrogens with one attached hydrogen (secondary N) is 2. The van der Waals surface area contributed by atoms with Crippen LogP contribution in [0.25, 0.3) is 0 Å². The number of anilines is 2. The summed E-state index contributed by atoms with van der Waals surface area (Å²) in [5.74, 6) is 6.49. The molecule has 1 aliphatic heterocycles. The van der Waals surface area contributed by atoms with Crippen molar-refractivity contribution in [2.45, 2.75) is 25.3 Å². The predicted molar refractivity (Wildman–Crippen MR) is 76.3 cm³/mol. The lowest BCUT2D eigenvalue weighted by Gasteiger charge is -2.32. The molecule has 1 aromatic heterocycles. The van der Waals surface area contributed by atoms with Gasteiger partial charge in [0.1, 0.15) is 5.82 Å². The summed E-state index contributed by atoms with van der Waals surface area (Å²) >= 11 is 3.43. The number of aromatic nitrogens is 2. The zero-order valence-corrected chi connectivity index (χ0v) is 12.1. The Bertz CT molecular complexity index is 399. The third-order valence-corrected chi connectivity index (χ3v) is 3.88. The Morgan fingerprint density at radius 2 is 2.39 bits per heavy atom. The summed E-state index contributed by atoms with van der Waals surface area (Å²) < 4.78 is 0.847. The third-order valence-electron chi connectivity index (χ3n) is 3.30. The fourth-order valence-corrected chi connectivity index (χ4v) is 2.51. The minimum absolute atomic E-state index is 0.415. The number of halogens is 1. The predicted octanol–water partition coefficient (Wildman–Crippen LogP) is 1.42. The third kappa shape index (κ3) is 3.30. The van der Waals surface area contributed by atoms with Gasteiger partial charge in [0.15, 0.2) is 0 Å². The van der Waals surface area contributed by atoms with Gasteiger partial charge >= 0.3 is 0 Å². The highest BCUT2D eigenvalue weighted by molar-refractivity contribution is 9.10. The summed E-state index contributed by atoms with van der Waals surface area (Å²) in [6.07, 6.45) is 5.52. The van der Waals surface area contributed by atoms with Gasteiger partial charge in [-0.15, -0.1) is 0 Å². The van der Waals surface area contributed by atoms with Gasteiger partial charge in [-0.2, -0.15) is 4.98 Å². The van der Waals surface area contributed by atoms with Crippen LogP contribution < -0.4 is 16.6 Å². The highest BCUT2D eigenvalue weighted by atomic mass is 79.9. The molecule has 6 nitrogen and oxygen atoms in total. The molecule has 0 spiro atoms. The summed E-state index contributed by atoms with van der Waals surface area (Å²) in [6, 6.07) is 0.565. The van der Waals surface area contributed by atoms with Crippen molar-refractivity contribution in [2.75, 3.05) is 30.9 Å². The quantitative estimate of drug-likeness (QED) is 0.576. The summed E-state index contributed by atoms with van der Waals surface area (Å²) in [5.41, 5.74) is 2.45. The smallest absolute Gasteiger partial charge is 0.239 e. The van der Waals surface area contributed by atoms with Gasteiger partial charge in [-0.05, 0) is 42.4 Å². The molecule has 100 valence electrons. The van der Waals surface area contributed by atoms with E-state index in [2.05, 4.69) is 48.6 Å². The fraction of sp³-hybridized carbons (Fsp3) is 0.636. The number of nitrogens with two attached hydrogens (primary N) is 1. The van der Waals surface area contributed by atoms with Crippen molar-refractivity contribution in [1.82, 2.24) is 14.9 Å². The van der Waals surface area contributed by atoms with E-state index < -0.39 is 0 Å². The lowest BCUT2D eigenvalue weighted by atomic mass is 10.0. The first-order valence-electron chi connectivity index (χ1n) is 6.14. The Hall–Kier alpha value is -0.920. The Morgan fingerprint density at radius 1 is 1.56 bits per heavy atom. The van der Waals surface area contributed by atoms with Crippen LogP contribution in [0.2, 0.25) is 0 Å². The highest BCUT2D eigenvalue weighted by Crippen LogP contribution is 2.21.